The van der Waals surface area contributed by atoms with Gasteiger partial charge in [-0.15, -0.1) is 0 Å². The molecule has 168 valence electrons. The molecule has 0 unspecified atom stereocenters. The summed E-state index contributed by atoms with van der Waals surface area (Å²) in [6.45, 7) is 0. The Bertz CT molecular complexity index is 1420. The number of anilines is 1. The molecule has 2 bridgehead atoms. The molecule has 34 heavy (non-hydrogen) atoms. The molecular weight excluding hydrogens is 445 g/mol. The van der Waals surface area contributed by atoms with Crippen LogP contribution in [0, 0.1) is 37.9 Å². The maximum absolute atomic E-state index is 13.8. The quantitative estimate of drug-likeness (QED) is 0.335. The van der Waals surface area contributed by atoms with Crippen LogP contribution in [0.25, 0.3) is 0 Å². The zero-order valence-corrected chi connectivity index (χ0v) is 17.3. The molecule has 0 N–H and O–H groups in total. The molecule has 9 nitrogen and oxygen atoms in total. The second-order valence-electron chi connectivity index (χ2n) is 8.58. The number of nitro groups is 2. The third-order valence-corrected chi connectivity index (χ3v) is 7.24. The van der Waals surface area contributed by atoms with Crippen LogP contribution in [0.4, 0.5) is 15.8 Å². The first kappa shape index (κ1) is 20.2. The van der Waals surface area contributed by atoms with Crippen LogP contribution in [-0.4, -0.2) is 21.7 Å². The summed E-state index contributed by atoms with van der Waals surface area (Å²) in [5.41, 5.74) is -1.38. The first-order valence-corrected chi connectivity index (χ1v) is 10.4. The Morgan fingerprint density at radius 2 is 1.44 bits per heavy atom. The summed E-state index contributed by atoms with van der Waals surface area (Å²) in [5, 5.41) is 24.5. The Kier molecular flexibility index (Phi) is 3.87. The second-order valence-corrected chi connectivity index (χ2v) is 8.58. The van der Waals surface area contributed by atoms with E-state index in [1.54, 1.807) is 48.5 Å². The zero-order valence-electron chi connectivity index (χ0n) is 17.3. The number of nitrogens with zero attached hydrogens (tertiary/aromatic N) is 3. The molecule has 2 amide bonds. The van der Waals surface area contributed by atoms with E-state index in [1.165, 1.54) is 0 Å². The van der Waals surface area contributed by atoms with Crippen LogP contribution in [0.15, 0.2) is 66.7 Å². The molecule has 1 aliphatic heterocycles. The summed E-state index contributed by atoms with van der Waals surface area (Å²) in [6, 6.07) is 15.9. The number of carbonyl (C=O) groups excluding carboxylic acids is 2. The summed E-state index contributed by atoms with van der Waals surface area (Å²) in [4.78, 5) is 51.3. The number of hydrogen-bond acceptors (Lipinski definition) is 6. The van der Waals surface area contributed by atoms with Gasteiger partial charge in [0.2, 0.25) is 11.8 Å². The number of rotatable bonds is 3. The van der Waals surface area contributed by atoms with Crippen molar-refractivity contribution in [3.63, 3.8) is 0 Å². The molecule has 3 aromatic carbocycles. The largest absolute Gasteiger partial charge is 0.296 e. The van der Waals surface area contributed by atoms with Crippen LogP contribution in [0.3, 0.4) is 0 Å². The zero-order chi connectivity index (χ0) is 23.9. The molecule has 1 heterocycles. The van der Waals surface area contributed by atoms with Crippen LogP contribution in [-0.2, 0) is 15.1 Å². The third-order valence-electron chi connectivity index (χ3n) is 7.24. The summed E-state index contributed by atoms with van der Waals surface area (Å²) >= 11 is 0. The fraction of sp³-hybridized carbons (Fsp3) is 0.167. The SMILES string of the molecule is O=C1[C@@H]2C3c4ccccc4C([N+](=O)[O-])(c4ccccc43)[C@@H]2C(=O)N1c1ccc(F)cc1[N+](=O)[O-]. The molecule has 2 atom stereocenters. The summed E-state index contributed by atoms with van der Waals surface area (Å²) in [5.74, 6) is -5.77. The van der Waals surface area contributed by atoms with Crippen molar-refractivity contribution in [3.8, 4) is 0 Å². The predicted octanol–water partition coefficient (Wildman–Crippen LogP) is 3.52. The molecule has 0 saturated carbocycles. The molecule has 7 rings (SSSR count). The van der Waals surface area contributed by atoms with E-state index in [2.05, 4.69) is 0 Å². The first-order valence-electron chi connectivity index (χ1n) is 10.4. The lowest BCUT2D eigenvalue weighted by Gasteiger charge is -2.48. The van der Waals surface area contributed by atoms with E-state index in [1.807, 2.05) is 0 Å². The molecular formula is C24H14FN3O6. The van der Waals surface area contributed by atoms with E-state index >= 15 is 0 Å². The van der Waals surface area contributed by atoms with Crippen molar-refractivity contribution in [2.24, 2.45) is 11.8 Å². The van der Waals surface area contributed by atoms with Gasteiger partial charge in [0.15, 0.2) is 0 Å². The highest BCUT2D eigenvalue weighted by Gasteiger charge is 2.75. The van der Waals surface area contributed by atoms with Gasteiger partial charge in [0.05, 0.1) is 16.9 Å². The van der Waals surface area contributed by atoms with Crippen molar-refractivity contribution in [1.29, 1.82) is 0 Å². The number of halogens is 1. The van der Waals surface area contributed by atoms with Gasteiger partial charge in [-0.2, -0.15) is 0 Å². The minimum absolute atomic E-state index is 0.335. The maximum atomic E-state index is 13.8. The van der Waals surface area contributed by atoms with Gasteiger partial charge in [-0.05, 0) is 23.3 Å². The van der Waals surface area contributed by atoms with Crippen molar-refractivity contribution in [1.82, 2.24) is 0 Å². The van der Waals surface area contributed by atoms with E-state index < -0.39 is 62.1 Å². The topological polar surface area (TPSA) is 124 Å². The van der Waals surface area contributed by atoms with Crippen molar-refractivity contribution in [3.05, 3.63) is 115 Å². The van der Waals surface area contributed by atoms with Gasteiger partial charge in [-0.3, -0.25) is 29.8 Å². The van der Waals surface area contributed by atoms with Crippen LogP contribution >= 0.6 is 0 Å². The smallest absolute Gasteiger partial charge is 0.274 e. The van der Waals surface area contributed by atoms with E-state index in [0.717, 1.165) is 12.1 Å². The Hall–Kier alpha value is -4.47. The number of carbonyl (C=O) groups is 2. The first-order chi connectivity index (χ1) is 16.3. The molecule has 4 aliphatic rings. The van der Waals surface area contributed by atoms with Gasteiger partial charge in [-0.1, -0.05) is 48.5 Å². The van der Waals surface area contributed by atoms with E-state index in [9.17, 15) is 34.2 Å². The Labute approximate surface area is 190 Å². The lowest BCUT2D eigenvalue weighted by Crippen LogP contribution is -2.57. The van der Waals surface area contributed by atoms with E-state index in [4.69, 9.17) is 0 Å². The number of benzene rings is 3. The molecule has 3 aliphatic carbocycles. The van der Waals surface area contributed by atoms with Crippen LogP contribution in [0.1, 0.15) is 28.2 Å². The van der Waals surface area contributed by atoms with Gasteiger partial charge in [0, 0.05) is 22.0 Å². The second kappa shape index (κ2) is 6.53. The molecule has 3 aromatic rings. The predicted molar refractivity (Wildman–Crippen MR) is 115 cm³/mol. The maximum Gasteiger partial charge on any atom is 0.296 e. The van der Waals surface area contributed by atoms with Crippen LogP contribution < -0.4 is 4.90 Å². The molecule has 10 heteroatoms. The lowest BCUT2D eigenvalue weighted by molar-refractivity contribution is -0.578. The molecule has 0 aromatic heterocycles. The van der Waals surface area contributed by atoms with Gasteiger partial charge in [0.25, 0.3) is 11.2 Å². The Morgan fingerprint density at radius 3 is 2.00 bits per heavy atom. The highest BCUT2D eigenvalue weighted by Crippen LogP contribution is 2.64. The number of nitro benzene ring substituents is 1. The monoisotopic (exact) mass is 459 g/mol. The van der Waals surface area contributed by atoms with Gasteiger partial charge >= 0.3 is 0 Å². The average Bonchev–Trinajstić information content (AvgIpc) is 3.09. The molecule has 0 spiro atoms. The van der Waals surface area contributed by atoms with Crippen molar-refractivity contribution in [2.75, 3.05) is 4.90 Å². The fourth-order valence-electron chi connectivity index (χ4n) is 6.11. The normalized spacial score (nSPS) is 26.1. The minimum atomic E-state index is -2.04. The molecule has 1 fully saturated rings. The minimum Gasteiger partial charge on any atom is -0.274 e. The summed E-state index contributed by atoms with van der Waals surface area (Å²) < 4.78 is 13.8. The van der Waals surface area contributed by atoms with Crippen molar-refractivity contribution in [2.45, 2.75) is 11.5 Å². The number of hydrogen-bond donors (Lipinski definition) is 0. The Morgan fingerprint density at radius 1 is 0.853 bits per heavy atom. The fourth-order valence-corrected chi connectivity index (χ4v) is 6.11. The molecule has 0 radical (unpaired) electrons. The van der Waals surface area contributed by atoms with Crippen molar-refractivity contribution < 1.29 is 23.8 Å². The van der Waals surface area contributed by atoms with Gasteiger partial charge in [0.1, 0.15) is 17.4 Å². The van der Waals surface area contributed by atoms with Crippen LogP contribution in [0.5, 0.6) is 0 Å². The number of amides is 2. The third kappa shape index (κ3) is 2.17. The average molecular weight is 459 g/mol. The summed E-state index contributed by atoms with van der Waals surface area (Å²) in [6.07, 6.45) is 0. The molecule has 1 saturated heterocycles. The Balaban J connectivity index is 1.66. The summed E-state index contributed by atoms with van der Waals surface area (Å²) in [7, 11) is 0. The van der Waals surface area contributed by atoms with E-state index in [-0.39, 0.29) is 0 Å². The standard InChI is InChI=1S/C24H14FN3O6/c25-12-9-10-17(18(11-12)27(31)32)26-22(29)20-19-13-5-1-3-7-15(13)24(28(33)34,21(20)23(26)30)16-8-4-2-6-14(16)19/h1-11,19-21H/t19?,20-,21+,24?/m1/s1. The lowest BCUT2D eigenvalue weighted by atomic mass is 9.51. The highest BCUT2D eigenvalue weighted by molar-refractivity contribution is 6.24. The number of imide groups is 1. The van der Waals surface area contributed by atoms with Gasteiger partial charge < -0.3 is 0 Å². The van der Waals surface area contributed by atoms with Crippen molar-refractivity contribution >= 4 is 23.2 Å². The van der Waals surface area contributed by atoms with Crippen LogP contribution in [0.2, 0.25) is 0 Å². The van der Waals surface area contributed by atoms with Gasteiger partial charge in [-0.25, -0.2) is 9.29 Å². The van der Waals surface area contributed by atoms with E-state index in [0.29, 0.717) is 33.2 Å². The highest BCUT2D eigenvalue weighted by atomic mass is 19.1.